The molecule has 1 aromatic carbocycles. The second kappa shape index (κ2) is 8.47. The summed E-state index contributed by atoms with van der Waals surface area (Å²) in [6.45, 7) is 2.83. The van der Waals surface area contributed by atoms with Crippen LogP contribution in [0.25, 0.3) is 0 Å². The third kappa shape index (κ3) is 4.57. The SMILES string of the molecule is CCCC(NC(=O)C1CCCN(C(=O)c2ccccc2)C1)C(=O)O. The van der Waals surface area contributed by atoms with Crippen molar-refractivity contribution >= 4 is 17.8 Å². The lowest BCUT2D eigenvalue weighted by atomic mass is 9.96. The molecule has 2 amide bonds. The summed E-state index contributed by atoms with van der Waals surface area (Å²) in [4.78, 5) is 37.7. The molecular formula is C18H24N2O4. The Morgan fingerprint density at radius 2 is 2.00 bits per heavy atom. The first-order valence-electron chi connectivity index (χ1n) is 8.40. The molecule has 2 atom stereocenters. The Morgan fingerprint density at radius 1 is 1.29 bits per heavy atom. The molecule has 2 unspecified atom stereocenters. The molecule has 2 rings (SSSR count). The minimum absolute atomic E-state index is 0.0866. The predicted octanol–water partition coefficient (Wildman–Crippen LogP) is 1.91. The second-order valence-corrected chi connectivity index (χ2v) is 6.14. The van der Waals surface area contributed by atoms with Gasteiger partial charge in [-0.1, -0.05) is 31.5 Å². The molecule has 2 N–H and O–H groups in total. The van der Waals surface area contributed by atoms with Crippen molar-refractivity contribution in [3.63, 3.8) is 0 Å². The second-order valence-electron chi connectivity index (χ2n) is 6.14. The van der Waals surface area contributed by atoms with E-state index in [1.807, 2.05) is 25.1 Å². The van der Waals surface area contributed by atoms with Gasteiger partial charge in [-0.2, -0.15) is 0 Å². The molecule has 1 aliphatic rings. The first kappa shape index (κ1) is 18.0. The first-order valence-corrected chi connectivity index (χ1v) is 8.40. The molecule has 1 aliphatic heterocycles. The zero-order valence-corrected chi connectivity index (χ0v) is 13.9. The summed E-state index contributed by atoms with van der Waals surface area (Å²) < 4.78 is 0. The van der Waals surface area contributed by atoms with Crippen LogP contribution in [0, 0.1) is 5.92 Å². The van der Waals surface area contributed by atoms with Crippen LogP contribution in [0.4, 0.5) is 0 Å². The number of likely N-dealkylation sites (tertiary alicyclic amines) is 1. The Labute approximate surface area is 141 Å². The minimum Gasteiger partial charge on any atom is -0.480 e. The number of carbonyl (C=O) groups is 3. The maximum Gasteiger partial charge on any atom is 0.326 e. The number of carboxylic acid groups (broad SMARTS) is 1. The van der Waals surface area contributed by atoms with E-state index in [1.54, 1.807) is 17.0 Å². The molecule has 0 aromatic heterocycles. The average molecular weight is 332 g/mol. The summed E-state index contributed by atoms with van der Waals surface area (Å²) >= 11 is 0. The van der Waals surface area contributed by atoms with Crippen molar-refractivity contribution < 1.29 is 19.5 Å². The van der Waals surface area contributed by atoms with Crippen molar-refractivity contribution in [1.29, 1.82) is 0 Å². The Morgan fingerprint density at radius 3 is 2.62 bits per heavy atom. The van der Waals surface area contributed by atoms with Crippen molar-refractivity contribution in [3.8, 4) is 0 Å². The molecule has 0 radical (unpaired) electrons. The molecule has 24 heavy (non-hydrogen) atoms. The van der Waals surface area contributed by atoms with E-state index < -0.39 is 12.0 Å². The molecule has 1 aromatic rings. The summed E-state index contributed by atoms with van der Waals surface area (Å²) in [6.07, 6.45) is 2.49. The molecule has 1 fully saturated rings. The summed E-state index contributed by atoms with van der Waals surface area (Å²) in [5.41, 5.74) is 0.605. The van der Waals surface area contributed by atoms with Gasteiger partial charge in [0.2, 0.25) is 5.91 Å². The largest absolute Gasteiger partial charge is 0.480 e. The van der Waals surface area contributed by atoms with Gasteiger partial charge in [-0.3, -0.25) is 9.59 Å². The fourth-order valence-corrected chi connectivity index (χ4v) is 2.97. The maximum atomic E-state index is 12.5. The zero-order valence-electron chi connectivity index (χ0n) is 13.9. The summed E-state index contributed by atoms with van der Waals surface area (Å²) in [7, 11) is 0. The Kier molecular flexibility index (Phi) is 6.35. The van der Waals surface area contributed by atoms with Crippen molar-refractivity contribution in [1.82, 2.24) is 10.2 Å². The molecule has 0 saturated carbocycles. The first-order chi connectivity index (χ1) is 11.5. The van der Waals surface area contributed by atoms with E-state index in [2.05, 4.69) is 5.32 Å². The van der Waals surface area contributed by atoms with E-state index in [0.29, 0.717) is 37.9 Å². The highest BCUT2D eigenvalue weighted by Gasteiger charge is 2.31. The number of nitrogens with zero attached hydrogens (tertiary/aromatic N) is 1. The molecule has 130 valence electrons. The highest BCUT2D eigenvalue weighted by molar-refractivity contribution is 5.94. The fourth-order valence-electron chi connectivity index (χ4n) is 2.97. The van der Waals surface area contributed by atoms with Crippen LogP contribution in [-0.2, 0) is 9.59 Å². The number of piperidine rings is 1. The van der Waals surface area contributed by atoms with E-state index in [9.17, 15) is 14.4 Å². The number of benzene rings is 1. The molecular weight excluding hydrogens is 308 g/mol. The van der Waals surface area contributed by atoms with Crippen molar-refractivity contribution in [2.45, 2.75) is 38.6 Å². The van der Waals surface area contributed by atoms with Crippen LogP contribution in [0.2, 0.25) is 0 Å². The number of hydrogen-bond acceptors (Lipinski definition) is 3. The lowest BCUT2D eigenvalue weighted by Gasteiger charge is -2.32. The molecule has 1 saturated heterocycles. The van der Waals surface area contributed by atoms with Gasteiger partial charge in [0.1, 0.15) is 6.04 Å². The van der Waals surface area contributed by atoms with Crippen LogP contribution in [0.15, 0.2) is 30.3 Å². The van der Waals surface area contributed by atoms with Gasteiger partial charge >= 0.3 is 5.97 Å². The lowest BCUT2D eigenvalue weighted by molar-refractivity contribution is -0.143. The zero-order chi connectivity index (χ0) is 17.5. The molecule has 6 nitrogen and oxygen atoms in total. The van der Waals surface area contributed by atoms with Gasteiger partial charge in [-0.15, -0.1) is 0 Å². The minimum atomic E-state index is -1.02. The average Bonchev–Trinajstić information content (AvgIpc) is 2.61. The standard InChI is InChI=1S/C18H24N2O4/c1-2-7-15(18(23)24)19-16(21)14-10-6-11-20(12-14)17(22)13-8-4-3-5-9-13/h3-5,8-9,14-15H,2,6-7,10-12H2,1H3,(H,19,21)(H,23,24). The number of nitrogens with one attached hydrogen (secondary N) is 1. The number of amides is 2. The van der Waals surface area contributed by atoms with Gasteiger partial charge in [-0.05, 0) is 31.4 Å². The Bertz CT molecular complexity index is 588. The molecule has 0 spiro atoms. The number of aliphatic carboxylic acids is 1. The monoisotopic (exact) mass is 332 g/mol. The predicted molar refractivity (Wildman–Crippen MR) is 89.5 cm³/mol. The number of carboxylic acids is 1. The Hall–Kier alpha value is -2.37. The summed E-state index contributed by atoms with van der Waals surface area (Å²) in [5, 5.41) is 11.8. The van der Waals surface area contributed by atoms with Crippen LogP contribution in [-0.4, -0.2) is 46.9 Å². The molecule has 0 aliphatic carbocycles. The van der Waals surface area contributed by atoms with Crippen LogP contribution < -0.4 is 5.32 Å². The number of rotatable bonds is 6. The van der Waals surface area contributed by atoms with Crippen LogP contribution in [0.3, 0.4) is 0 Å². The maximum absolute atomic E-state index is 12.5. The highest BCUT2D eigenvalue weighted by Crippen LogP contribution is 2.19. The fraction of sp³-hybridized carbons (Fsp3) is 0.500. The topological polar surface area (TPSA) is 86.7 Å². The van der Waals surface area contributed by atoms with E-state index in [-0.39, 0.29) is 17.7 Å². The van der Waals surface area contributed by atoms with Gasteiger partial charge in [0, 0.05) is 18.7 Å². The van der Waals surface area contributed by atoms with E-state index >= 15 is 0 Å². The van der Waals surface area contributed by atoms with Gasteiger partial charge < -0.3 is 15.3 Å². The van der Waals surface area contributed by atoms with Crippen LogP contribution in [0.1, 0.15) is 43.0 Å². The van der Waals surface area contributed by atoms with Gasteiger partial charge in [0.15, 0.2) is 0 Å². The molecule has 6 heteroatoms. The third-order valence-corrected chi connectivity index (χ3v) is 4.29. The van der Waals surface area contributed by atoms with Crippen LogP contribution in [0.5, 0.6) is 0 Å². The Balaban J connectivity index is 1.98. The number of hydrogen-bond donors (Lipinski definition) is 2. The van der Waals surface area contributed by atoms with Crippen LogP contribution >= 0.6 is 0 Å². The van der Waals surface area contributed by atoms with E-state index in [1.165, 1.54) is 0 Å². The van der Waals surface area contributed by atoms with Crippen molar-refractivity contribution in [2.24, 2.45) is 5.92 Å². The van der Waals surface area contributed by atoms with Gasteiger partial charge in [0.25, 0.3) is 5.91 Å². The highest BCUT2D eigenvalue weighted by atomic mass is 16.4. The van der Waals surface area contributed by atoms with Gasteiger partial charge in [-0.25, -0.2) is 4.79 Å². The third-order valence-electron chi connectivity index (χ3n) is 4.29. The molecule has 0 bridgehead atoms. The molecule has 1 heterocycles. The van der Waals surface area contributed by atoms with E-state index in [0.717, 1.165) is 6.42 Å². The quantitative estimate of drug-likeness (QED) is 0.833. The smallest absolute Gasteiger partial charge is 0.326 e. The lowest BCUT2D eigenvalue weighted by Crippen LogP contribution is -2.49. The number of carbonyl (C=O) groups excluding carboxylic acids is 2. The van der Waals surface area contributed by atoms with Crippen molar-refractivity contribution in [2.75, 3.05) is 13.1 Å². The summed E-state index contributed by atoms with van der Waals surface area (Å²) in [6, 6.07) is 8.13. The normalized spacial score (nSPS) is 18.7. The summed E-state index contributed by atoms with van der Waals surface area (Å²) in [5.74, 6) is -1.73. The van der Waals surface area contributed by atoms with Crippen molar-refractivity contribution in [3.05, 3.63) is 35.9 Å². The van der Waals surface area contributed by atoms with E-state index in [4.69, 9.17) is 5.11 Å². The van der Waals surface area contributed by atoms with Gasteiger partial charge in [0.05, 0.1) is 5.92 Å².